The summed E-state index contributed by atoms with van der Waals surface area (Å²) in [7, 11) is 0. The van der Waals surface area contributed by atoms with Crippen LogP contribution in [0.15, 0.2) is 28.7 Å². The van der Waals surface area contributed by atoms with Crippen molar-refractivity contribution in [3.05, 3.63) is 35.6 Å². The van der Waals surface area contributed by atoms with E-state index in [1.54, 1.807) is 0 Å². The second-order valence-electron chi connectivity index (χ2n) is 4.74. The van der Waals surface area contributed by atoms with Gasteiger partial charge in [0.1, 0.15) is 11.3 Å². The summed E-state index contributed by atoms with van der Waals surface area (Å²) >= 11 is 0. The van der Waals surface area contributed by atoms with Gasteiger partial charge in [-0.15, -0.1) is 0 Å². The number of rotatable bonds is 7. The molecule has 3 heteroatoms. The number of nitrogens with zero attached hydrogens (tertiary/aromatic N) is 1. The molecule has 0 spiro atoms. The van der Waals surface area contributed by atoms with Crippen LogP contribution in [-0.4, -0.2) is 24.5 Å². The molecule has 0 fully saturated rings. The van der Waals surface area contributed by atoms with Gasteiger partial charge in [-0.2, -0.15) is 0 Å². The largest absolute Gasteiger partial charge is 0.459 e. The summed E-state index contributed by atoms with van der Waals surface area (Å²) in [4.78, 5) is 2.38. The summed E-state index contributed by atoms with van der Waals surface area (Å²) < 4.78 is 6.05. The van der Waals surface area contributed by atoms with Crippen LogP contribution >= 0.6 is 0 Å². The summed E-state index contributed by atoms with van der Waals surface area (Å²) in [6, 6.07) is 8.31. The van der Waals surface area contributed by atoms with Gasteiger partial charge in [-0.1, -0.05) is 39.0 Å². The van der Waals surface area contributed by atoms with Crippen LogP contribution in [-0.2, 0) is 13.1 Å². The SMILES string of the molecule is CCNCc1c(CN(CC)CC)oc2ccccc12. The molecule has 0 aliphatic carbocycles. The van der Waals surface area contributed by atoms with E-state index in [1.165, 1.54) is 10.9 Å². The van der Waals surface area contributed by atoms with Crippen LogP contribution in [0.2, 0.25) is 0 Å². The fourth-order valence-corrected chi connectivity index (χ4v) is 2.37. The highest BCUT2D eigenvalue weighted by molar-refractivity contribution is 5.82. The Morgan fingerprint density at radius 3 is 2.53 bits per heavy atom. The molecule has 2 rings (SSSR count). The third kappa shape index (κ3) is 3.17. The van der Waals surface area contributed by atoms with Crippen molar-refractivity contribution in [1.82, 2.24) is 10.2 Å². The Balaban J connectivity index is 2.34. The highest BCUT2D eigenvalue weighted by Crippen LogP contribution is 2.26. The zero-order valence-electron chi connectivity index (χ0n) is 12.2. The third-order valence-electron chi connectivity index (χ3n) is 3.60. The van der Waals surface area contributed by atoms with Crippen molar-refractivity contribution in [2.75, 3.05) is 19.6 Å². The summed E-state index contributed by atoms with van der Waals surface area (Å²) in [5, 5.41) is 4.66. The number of benzene rings is 1. The van der Waals surface area contributed by atoms with Gasteiger partial charge in [-0.3, -0.25) is 4.90 Å². The second kappa shape index (κ2) is 6.73. The van der Waals surface area contributed by atoms with Crippen molar-refractivity contribution in [2.24, 2.45) is 0 Å². The number of para-hydroxylation sites is 1. The van der Waals surface area contributed by atoms with Gasteiger partial charge in [0.2, 0.25) is 0 Å². The number of hydrogen-bond acceptors (Lipinski definition) is 3. The smallest absolute Gasteiger partial charge is 0.134 e. The van der Waals surface area contributed by atoms with Gasteiger partial charge < -0.3 is 9.73 Å². The molecular formula is C16H24N2O. The van der Waals surface area contributed by atoms with E-state index in [0.717, 1.165) is 44.1 Å². The van der Waals surface area contributed by atoms with E-state index in [4.69, 9.17) is 4.42 Å². The molecule has 0 aliphatic rings. The number of hydrogen-bond donors (Lipinski definition) is 1. The first-order valence-corrected chi connectivity index (χ1v) is 7.22. The fraction of sp³-hybridized carbons (Fsp3) is 0.500. The van der Waals surface area contributed by atoms with Gasteiger partial charge >= 0.3 is 0 Å². The minimum Gasteiger partial charge on any atom is -0.459 e. The summed E-state index contributed by atoms with van der Waals surface area (Å²) in [6.45, 7) is 11.4. The Morgan fingerprint density at radius 1 is 1.11 bits per heavy atom. The Bertz CT molecular complexity index is 514. The van der Waals surface area contributed by atoms with Crippen molar-refractivity contribution in [1.29, 1.82) is 0 Å². The molecule has 1 aromatic heterocycles. The lowest BCUT2D eigenvalue weighted by atomic mass is 10.1. The molecule has 0 unspecified atom stereocenters. The van der Waals surface area contributed by atoms with Crippen molar-refractivity contribution >= 4 is 11.0 Å². The summed E-state index contributed by atoms with van der Waals surface area (Å²) in [6.07, 6.45) is 0. The minimum absolute atomic E-state index is 0.879. The normalized spacial score (nSPS) is 11.6. The lowest BCUT2D eigenvalue weighted by molar-refractivity contribution is 0.270. The van der Waals surface area contributed by atoms with Crippen molar-refractivity contribution in [3.8, 4) is 0 Å². The first kappa shape index (κ1) is 14.1. The number of nitrogens with one attached hydrogen (secondary N) is 1. The lowest BCUT2D eigenvalue weighted by Crippen LogP contribution is -2.23. The molecular weight excluding hydrogens is 236 g/mol. The topological polar surface area (TPSA) is 28.4 Å². The Morgan fingerprint density at radius 2 is 1.84 bits per heavy atom. The van der Waals surface area contributed by atoms with Crippen LogP contribution in [0.5, 0.6) is 0 Å². The van der Waals surface area contributed by atoms with Gasteiger partial charge in [0.25, 0.3) is 0 Å². The molecule has 0 saturated heterocycles. The van der Waals surface area contributed by atoms with Crippen LogP contribution in [0.25, 0.3) is 11.0 Å². The van der Waals surface area contributed by atoms with E-state index in [0.29, 0.717) is 0 Å². The number of furan rings is 1. The molecule has 1 heterocycles. The molecule has 104 valence electrons. The molecule has 0 amide bonds. The average Bonchev–Trinajstić information content (AvgIpc) is 2.79. The van der Waals surface area contributed by atoms with Crippen LogP contribution in [0.4, 0.5) is 0 Å². The van der Waals surface area contributed by atoms with Crippen molar-refractivity contribution in [3.63, 3.8) is 0 Å². The minimum atomic E-state index is 0.879. The van der Waals surface area contributed by atoms with E-state index in [-0.39, 0.29) is 0 Å². The van der Waals surface area contributed by atoms with Crippen LogP contribution in [0.3, 0.4) is 0 Å². The molecule has 1 aromatic carbocycles. The predicted octanol–water partition coefficient (Wildman–Crippen LogP) is 3.38. The highest BCUT2D eigenvalue weighted by atomic mass is 16.3. The quantitative estimate of drug-likeness (QED) is 0.827. The highest BCUT2D eigenvalue weighted by Gasteiger charge is 2.15. The van der Waals surface area contributed by atoms with Gasteiger partial charge in [0.05, 0.1) is 6.54 Å². The van der Waals surface area contributed by atoms with E-state index in [2.05, 4.69) is 49.2 Å². The zero-order chi connectivity index (χ0) is 13.7. The van der Waals surface area contributed by atoms with Crippen LogP contribution in [0.1, 0.15) is 32.1 Å². The fourth-order valence-electron chi connectivity index (χ4n) is 2.37. The maximum atomic E-state index is 6.05. The Hall–Kier alpha value is -1.32. The van der Waals surface area contributed by atoms with E-state index in [9.17, 15) is 0 Å². The van der Waals surface area contributed by atoms with E-state index >= 15 is 0 Å². The van der Waals surface area contributed by atoms with Gasteiger partial charge in [-0.25, -0.2) is 0 Å². The summed E-state index contributed by atoms with van der Waals surface area (Å²) in [5.74, 6) is 1.10. The maximum absolute atomic E-state index is 6.05. The van der Waals surface area contributed by atoms with Gasteiger partial charge in [0.15, 0.2) is 0 Å². The van der Waals surface area contributed by atoms with E-state index < -0.39 is 0 Å². The van der Waals surface area contributed by atoms with Crippen molar-refractivity contribution < 1.29 is 4.42 Å². The summed E-state index contributed by atoms with van der Waals surface area (Å²) in [5.41, 5.74) is 2.31. The molecule has 0 aliphatic heterocycles. The molecule has 19 heavy (non-hydrogen) atoms. The molecule has 0 saturated carbocycles. The predicted molar refractivity (Wildman–Crippen MR) is 80.2 cm³/mol. The van der Waals surface area contributed by atoms with Crippen LogP contribution in [0, 0.1) is 0 Å². The van der Waals surface area contributed by atoms with Crippen molar-refractivity contribution in [2.45, 2.75) is 33.9 Å². The maximum Gasteiger partial charge on any atom is 0.134 e. The van der Waals surface area contributed by atoms with Crippen LogP contribution < -0.4 is 5.32 Å². The van der Waals surface area contributed by atoms with E-state index in [1.807, 2.05) is 6.07 Å². The van der Waals surface area contributed by atoms with Gasteiger partial charge in [-0.05, 0) is 25.7 Å². The molecule has 2 aromatic rings. The second-order valence-corrected chi connectivity index (χ2v) is 4.74. The van der Waals surface area contributed by atoms with Gasteiger partial charge in [0, 0.05) is 17.5 Å². The first-order chi connectivity index (χ1) is 9.30. The molecule has 3 nitrogen and oxygen atoms in total. The molecule has 0 radical (unpaired) electrons. The standard InChI is InChI=1S/C16H24N2O/c1-4-17-11-14-13-9-7-8-10-15(13)19-16(14)12-18(5-2)6-3/h7-10,17H,4-6,11-12H2,1-3H3. The number of fused-ring (bicyclic) bond motifs is 1. The monoisotopic (exact) mass is 260 g/mol. The first-order valence-electron chi connectivity index (χ1n) is 7.22. The zero-order valence-corrected chi connectivity index (χ0v) is 12.2. The average molecular weight is 260 g/mol. The molecule has 0 bridgehead atoms. The molecule has 0 atom stereocenters. The third-order valence-corrected chi connectivity index (χ3v) is 3.60. The Kier molecular flexibility index (Phi) is 5.00. The Labute approximate surface area is 115 Å². The molecule has 1 N–H and O–H groups in total. The lowest BCUT2D eigenvalue weighted by Gasteiger charge is -2.17.